The summed E-state index contributed by atoms with van der Waals surface area (Å²) >= 11 is 0. The lowest BCUT2D eigenvalue weighted by atomic mass is 9.96. The topological polar surface area (TPSA) is 61.5 Å². The van der Waals surface area contributed by atoms with Crippen molar-refractivity contribution in [2.75, 3.05) is 12.3 Å². The second-order valence-corrected chi connectivity index (χ2v) is 5.58. The highest BCUT2D eigenvalue weighted by atomic mass is 16.6. The Morgan fingerprint density at radius 3 is 2.83 bits per heavy atom. The van der Waals surface area contributed by atoms with Gasteiger partial charge in [-0.15, -0.1) is 0 Å². The number of anilines is 1. The molecule has 1 aromatic rings. The van der Waals surface area contributed by atoms with E-state index in [1.165, 1.54) is 0 Å². The molecule has 0 radical (unpaired) electrons. The SMILES string of the molecule is CC(C)(C)OC(=O)C1COc2c(N)cccc2C1. The van der Waals surface area contributed by atoms with Gasteiger partial charge in [0.2, 0.25) is 0 Å². The molecule has 0 aromatic heterocycles. The lowest BCUT2D eigenvalue weighted by Gasteiger charge is -2.28. The van der Waals surface area contributed by atoms with Crippen LogP contribution in [0.2, 0.25) is 0 Å². The van der Waals surface area contributed by atoms with Gasteiger partial charge in [0.1, 0.15) is 18.0 Å². The van der Waals surface area contributed by atoms with Crippen molar-refractivity contribution in [1.29, 1.82) is 0 Å². The number of hydrogen-bond acceptors (Lipinski definition) is 4. The first-order valence-electron chi connectivity index (χ1n) is 6.10. The van der Waals surface area contributed by atoms with E-state index in [0.29, 0.717) is 24.5 Å². The van der Waals surface area contributed by atoms with Crippen LogP contribution in [0.3, 0.4) is 0 Å². The molecule has 18 heavy (non-hydrogen) atoms. The maximum absolute atomic E-state index is 12.0. The lowest BCUT2D eigenvalue weighted by molar-refractivity contribution is -0.161. The monoisotopic (exact) mass is 249 g/mol. The molecule has 1 unspecified atom stereocenters. The zero-order valence-corrected chi connectivity index (χ0v) is 11.0. The van der Waals surface area contributed by atoms with E-state index in [1.807, 2.05) is 32.9 Å². The fraction of sp³-hybridized carbons (Fsp3) is 0.500. The van der Waals surface area contributed by atoms with Crippen LogP contribution in [-0.2, 0) is 16.0 Å². The van der Waals surface area contributed by atoms with Crippen molar-refractivity contribution >= 4 is 11.7 Å². The highest BCUT2D eigenvalue weighted by Crippen LogP contribution is 2.33. The Labute approximate surface area is 107 Å². The Balaban J connectivity index is 2.11. The Kier molecular flexibility index (Phi) is 3.20. The van der Waals surface area contributed by atoms with E-state index in [2.05, 4.69) is 0 Å². The Bertz CT molecular complexity index is 463. The van der Waals surface area contributed by atoms with Crippen LogP contribution in [0.25, 0.3) is 0 Å². The molecule has 0 amide bonds. The predicted octanol–water partition coefficient (Wildman–Crippen LogP) is 2.16. The molecule has 0 bridgehead atoms. The van der Waals surface area contributed by atoms with E-state index < -0.39 is 5.60 Å². The molecular formula is C14H19NO3. The van der Waals surface area contributed by atoms with Gasteiger partial charge in [0, 0.05) is 0 Å². The molecule has 0 fully saturated rings. The molecule has 2 rings (SSSR count). The van der Waals surface area contributed by atoms with Crippen molar-refractivity contribution in [3.05, 3.63) is 23.8 Å². The van der Waals surface area contributed by atoms with Crippen LogP contribution in [0.5, 0.6) is 5.75 Å². The lowest BCUT2D eigenvalue weighted by Crippen LogP contribution is -2.34. The van der Waals surface area contributed by atoms with Crippen LogP contribution in [-0.4, -0.2) is 18.2 Å². The molecule has 1 aliphatic heterocycles. The highest BCUT2D eigenvalue weighted by Gasteiger charge is 2.30. The van der Waals surface area contributed by atoms with Crippen molar-refractivity contribution in [3.8, 4) is 5.75 Å². The van der Waals surface area contributed by atoms with Crippen molar-refractivity contribution in [3.63, 3.8) is 0 Å². The van der Waals surface area contributed by atoms with Crippen LogP contribution in [0.1, 0.15) is 26.3 Å². The molecule has 0 aliphatic carbocycles. The summed E-state index contributed by atoms with van der Waals surface area (Å²) < 4.78 is 10.9. The van der Waals surface area contributed by atoms with Crippen LogP contribution in [0.4, 0.5) is 5.69 Å². The molecule has 0 spiro atoms. The van der Waals surface area contributed by atoms with E-state index in [1.54, 1.807) is 6.07 Å². The molecule has 0 saturated heterocycles. The average Bonchev–Trinajstić information content (AvgIpc) is 2.26. The molecule has 1 heterocycles. The number of esters is 1. The van der Waals surface area contributed by atoms with Gasteiger partial charge in [-0.3, -0.25) is 4.79 Å². The third-order valence-corrected chi connectivity index (χ3v) is 2.76. The molecule has 2 N–H and O–H groups in total. The number of fused-ring (bicyclic) bond motifs is 1. The zero-order valence-electron chi connectivity index (χ0n) is 11.0. The molecule has 0 saturated carbocycles. The van der Waals surface area contributed by atoms with Gasteiger partial charge in [0.25, 0.3) is 0 Å². The Morgan fingerprint density at radius 1 is 1.44 bits per heavy atom. The van der Waals surface area contributed by atoms with Crippen molar-refractivity contribution < 1.29 is 14.3 Å². The molecule has 1 aromatic carbocycles. The van der Waals surface area contributed by atoms with Crippen LogP contribution in [0, 0.1) is 5.92 Å². The van der Waals surface area contributed by atoms with Gasteiger partial charge in [0.05, 0.1) is 11.6 Å². The second-order valence-electron chi connectivity index (χ2n) is 5.58. The van der Waals surface area contributed by atoms with E-state index >= 15 is 0 Å². The number of ether oxygens (including phenoxy) is 2. The van der Waals surface area contributed by atoms with Crippen molar-refractivity contribution in [2.45, 2.75) is 32.8 Å². The van der Waals surface area contributed by atoms with E-state index in [0.717, 1.165) is 5.56 Å². The summed E-state index contributed by atoms with van der Waals surface area (Å²) in [5, 5.41) is 0. The van der Waals surface area contributed by atoms with Crippen molar-refractivity contribution in [1.82, 2.24) is 0 Å². The third-order valence-electron chi connectivity index (χ3n) is 2.76. The minimum absolute atomic E-state index is 0.212. The Hall–Kier alpha value is -1.71. The minimum atomic E-state index is -0.465. The number of carbonyl (C=O) groups is 1. The van der Waals surface area contributed by atoms with Gasteiger partial charge in [-0.05, 0) is 38.8 Å². The zero-order chi connectivity index (χ0) is 13.3. The quantitative estimate of drug-likeness (QED) is 0.612. The summed E-state index contributed by atoms with van der Waals surface area (Å²) in [6.07, 6.45) is 0.620. The highest BCUT2D eigenvalue weighted by molar-refractivity contribution is 5.74. The number of carbonyl (C=O) groups excluding carboxylic acids is 1. The van der Waals surface area contributed by atoms with Gasteiger partial charge in [-0.25, -0.2) is 0 Å². The first kappa shape index (κ1) is 12.7. The molecule has 1 atom stereocenters. The number of nitrogen functional groups attached to an aromatic ring is 1. The van der Waals surface area contributed by atoms with Gasteiger partial charge in [0.15, 0.2) is 0 Å². The maximum Gasteiger partial charge on any atom is 0.313 e. The number of rotatable bonds is 1. The first-order valence-corrected chi connectivity index (χ1v) is 6.10. The number of hydrogen-bond donors (Lipinski definition) is 1. The van der Waals surface area contributed by atoms with Gasteiger partial charge < -0.3 is 15.2 Å². The molecular weight excluding hydrogens is 230 g/mol. The molecule has 4 heteroatoms. The standard InChI is InChI=1S/C14H19NO3/c1-14(2,3)18-13(16)10-7-9-5-4-6-11(15)12(9)17-8-10/h4-6,10H,7-8,15H2,1-3H3. The molecule has 4 nitrogen and oxygen atoms in total. The van der Waals surface area contributed by atoms with Crippen LogP contribution < -0.4 is 10.5 Å². The fourth-order valence-electron chi connectivity index (χ4n) is 1.99. The summed E-state index contributed by atoms with van der Waals surface area (Å²) in [5.41, 5.74) is 6.95. The third kappa shape index (κ3) is 2.75. The van der Waals surface area contributed by atoms with Gasteiger partial charge in [-0.1, -0.05) is 12.1 Å². The summed E-state index contributed by atoms with van der Waals surface area (Å²) in [7, 11) is 0. The molecule has 98 valence electrons. The summed E-state index contributed by atoms with van der Waals surface area (Å²) in [6, 6.07) is 5.60. The minimum Gasteiger partial charge on any atom is -0.490 e. The fourth-order valence-corrected chi connectivity index (χ4v) is 1.99. The largest absolute Gasteiger partial charge is 0.490 e. The first-order chi connectivity index (χ1) is 8.37. The van der Waals surface area contributed by atoms with E-state index in [9.17, 15) is 4.79 Å². The van der Waals surface area contributed by atoms with Gasteiger partial charge in [-0.2, -0.15) is 0 Å². The summed E-state index contributed by atoms with van der Waals surface area (Å²) in [4.78, 5) is 12.0. The van der Waals surface area contributed by atoms with E-state index in [4.69, 9.17) is 15.2 Å². The number of benzene rings is 1. The smallest absolute Gasteiger partial charge is 0.313 e. The van der Waals surface area contributed by atoms with Gasteiger partial charge >= 0.3 is 5.97 Å². The normalized spacial score (nSPS) is 18.7. The number of para-hydroxylation sites is 1. The maximum atomic E-state index is 12.0. The predicted molar refractivity (Wildman–Crippen MR) is 69.4 cm³/mol. The van der Waals surface area contributed by atoms with Crippen molar-refractivity contribution in [2.24, 2.45) is 5.92 Å². The second kappa shape index (κ2) is 4.52. The van der Waals surface area contributed by atoms with E-state index in [-0.39, 0.29) is 11.9 Å². The Morgan fingerprint density at radius 2 is 2.17 bits per heavy atom. The summed E-state index contributed by atoms with van der Waals surface area (Å²) in [5.74, 6) is 0.242. The van der Waals surface area contributed by atoms with Crippen LogP contribution >= 0.6 is 0 Å². The van der Waals surface area contributed by atoms with Crippen LogP contribution in [0.15, 0.2) is 18.2 Å². The molecule has 1 aliphatic rings. The summed E-state index contributed by atoms with van der Waals surface area (Å²) in [6.45, 7) is 5.91. The average molecular weight is 249 g/mol. The number of nitrogens with two attached hydrogens (primary N) is 1.